The molecule has 0 aliphatic rings. The van der Waals surface area contributed by atoms with Crippen molar-refractivity contribution < 1.29 is 9.59 Å². The first kappa shape index (κ1) is 12.2. The molecule has 0 saturated carbocycles. The molecule has 1 rings (SSSR count). The molecule has 88 valence electrons. The molecule has 3 N–H and O–H groups in total. The zero-order valence-corrected chi connectivity index (χ0v) is 9.57. The first-order valence-electron chi connectivity index (χ1n) is 5.10. The molecule has 1 heterocycles. The van der Waals surface area contributed by atoms with Gasteiger partial charge in [0.05, 0.1) is 11.8 Å². The highest BCUT2D eigenvalue weighted by atomic mass is 16.2. The maximum absolute atomic E-state index is 11.6. The lowest BCUT2D eigenvalue weighted by molar-refractivity contribution is -0.123. The maximum atomic E-state index is 11.6. The van der Waals surface area contributed by atoms with E-state index in [2.05, 4.69) is 20.8 Å². The fourth-order valence-corrected chi connectivity index (χ4v) is 1.13. The van der Waals surface area contributed by atoms with Crippen molar-refractivity contribution in [1.29, 1.82) is 0 Å². The smallest absolute Gasteiger partial charge is 0.255 e. The van der Waals surface area contributed by atoms with E-state index >= 15 is 0 Å². The van der Waals surface area contributed by atoms with Crippen molar-refractivity contribution in [3.8, 4) is 0 Å². The van der Waals surface area contributed by atoms with Crippen LogP contribution in [0.2, 0.25) is 0 Å². The van der Waals surface area contributed by atoms with Crippen molar-refractivity contribution in [3.63, 3.8) is 0 Å². The predicted octanol–water partition coefficient (Wildman–Crippen LogP) is 0.0526. The van der Waals surface area contributed by atoms with Crippen molar-refractivity contribution in [2.75, 3.05) is 0 Å². The molecule has 0 spiro atoms. The Kier molecular flexibility index (Phi) is 4.04. The Bertz CT molecular complexity index is 359. The van der Waals surface area contributed by atoms with E-state index in [9.17, 15) is 9.59 Å². The van der Waals surface area contributed by atoms with Crippen LogP contribution in [0.25, 0.3) is 0 Å². The molecular weight excluding hydrogens is 208 g/mol. The van der Waals surface area contributed by atoms with Crippen molar-refractivity contribution in [2.45, 2.75) is 32.9 Å². The number of amides is 2. The quantitative estimate of drug-likeness (QED) is 0.675. The number of aromatic amines is 1. The summed E-state index contributed by atoms with van der Waals surface area (Å²) in [7, 11) is 0. The summed E-state index contributed by atoms with van der Waals surface area (Å²) >= 11 is 0. The lowest BCUT2D eigenvalue weighted by atomic mass is 10.2. The van der Waals surface area contributed by atoms with Crippen molar-refractivity contribution >= 4 is 11.8 Å². The Morgan fingerprint density at radius 2 is 2.00 bits per heavy atom. The number of carbonyl (C=O) groups is 2. The van der Waals surface area contributed by atoms with Crippen LogP contribution in [0.1, 0.15) is 31.1 Å². The molecule has 0 saturated heterocycles. The molecule has 1 aromatic heterocycles. The molecular formula is C10H16N4O2. The number of hydrogen-bond donors (Lipinski definition) is 3. The zero-order valence-electron chi connectivity index (χ0n) is 9.57. The highest BCUT2D eigenvalue weighted by Gasteiger charge is 2.17. The molecule has 2 amide bonds. The van der Waals surface area contributed by atoms with Crippen molar-refractivity contribution in [1.82, 2.24) is 20.8 Å². The molecule has 0 fully saturated rings. The zero-order chi connectivity index (χ0) is 12.1. The van der Waals surface area contributed by atoms with Gasteiger partial charge >= 0.3 is 0 Å². The van der Waals surface area contributed by atoms with Gasteiger partial charge in [-0.2, -0.15) is 5.10 Å². The third kappa shape index (κ3) is 3.38. The minimum atomic E-state index is -0.565. The standard InChI is InChI=1S/C10H16N4O2/c1-6(2)13-9(15)7(3)14-10(16)8-4-11-12-5-8/h4-7H,1-3H3,(H,11,12)(H,13,15)(H,14,16). The van der Waals surface area contributed by atoms with E-state index in [1.54, 1.807) is 6.92 Å². The molecule has 6 heteroatoms. The normalized spacial score (nSPS) is 12.2. The third-order valence-electron chi connectivity index (χ3n) is 1.93. The number of rotatable bonds is 4. The van der Waals surface area contributed by atoms with Gasteiger partial charge in [0.15, 0.2) is 0 Å². The number of nitrogens with zero attached hydrogens (tertiary/aromatic N) is 1. The van der Waals surface area contributed by atoms with Gasteiger partial charge < -0.3 is 10.6 Å². The topological polar surface area (TPSA) is 86.9 Å². The summed E-state index contributed by atoms with van der Waals surface area (Å²) < 4.78 is 0. The van der Waals surface area contributed by atoms with Crippen LogP contribution in [0.15, 0.2) is 12.4 Å². The van der Waals surface area contributed by atoms with Crippen LogP contribution < -0.4 is 10.6 Å². The average molecular weight is 224 g/mol. The van der Waals surface area contributed by atoms with Gasteiger partial charge in [-0.15, -0.1) is 0 Å². The van der Waals surface area contributed by atoms with Gasteiger partial charge in [-0.1, -0.05) is 0 Å². The molecule has 0 aliphatic heterocycles. The number of hydrogen-bond acceptors (Lipinski definition) is 3. The monoisotopic (exact) mass is 224 g/mol. The van der Waals surface area contributed by atoms with Crippen molar-refractivity contribution in [2.24, 2.45) is 0 Å². The van der Waals surface area contributed by atoms with E-state index in [0.29, 0.717) is 5.56 Å². The third-order valence-corrected chi connectivity index (χ3v) is 1.93. The Morgan fingerprint density at radius 1 is 1.31 bits per heavy atom. The van der Waals surface area contributed by atoms with Crippen LogP contribution in [0, 0.1) is 0 Å². The number of nitrogens with one attached hydrogen (secondary N) is 3. The molecule has 16 heavy (non-hydrogen) atoms. The molecule has 0 radical (unpaired) electrons. The summed E-state index contributed by atoms with van der Waals surface area (Å²) in [6, 6.07) is -0.509. The van der Waals surface area contributed by atoms with Gasteiger partial charge in [0.2, 0.25) is 5.91 Å². The van der Waals surface area contributed by atoms with Gasteiger partial charge in [0.25, 0.3) is 5.91 Å². The molecule has 1 aromatic rings. The molecule has 1 unspecified atom stereocenters. The molecule has 0 aromatic carbocycles. The molecule has 1 atom stereocenters. The van der Waals surface area contributed by atoms with Gasteiger partial charge in [-0.3, -0.25) is 14.7 Å². The first-order chi connectivity index (χ1) is 7.50. The van der Waals surface area contributed by atoms with Crippen LogP contribution in [-0.4, -0.2) is 34.1 Å². The summed E-state index contributed by atoms with van der Waals surface area (Å²) in [5.41, 5.74) is 0.407. The molecule has 0 aliphatic carbocycles. The molecule has 6 nitrogen and oxygen atoms in total. The van der Waals surface area contributed by atoms with Crippen LogP contribution in [0.5, 0.6) is 0 Å². The Hall–Kier alpha value is -1.85. The fourth-order valence-electron chi connectivity index (χ4n) is 1.13. The van der Waals surface area contributed by atoms with Gasteiger partial charge in [0.1, 0.15) is 6.04 Å². The van der Waals surface area contributed by atoms with Gasteiger partial charge in [-0.05, 0) is 20.8 Å². The fraction of sp³-hybridized carbons (Fsp3) is 0.500. The Balaban J connectivity index is 2.48. The van der Waals surface area contributed by atoms with E-state index in [4.69, 9.17) is 0 Å². The highest BCUT2D eigenvalue weighted by molar-refractivity contribution is 5.96. The second-order valence-electron chi connectivity index (χ2n) is 3.85. The van der Waals surface area contributed by atoms with E-state index in [0.717, 1.165) is 0 Å². The average Bonchev–Trinajstić information content (AvgIpc) is 2.68. The lowest BCUT2D eigenvalue weighted by Gasteiger charge is -2.15. The van der Waals surface area contributed by atoms with Crippen LogP contribution >= 0.6 is 0 Å². The SMILES string of the molecule is CC(C)NC(=O)C(C)NC(=O)c1cn[nH]c1. The van der Waals surface area contributed by atoms with Crippen LogP contribution in [-0.2, 0) is 4.79 Å². The van der Waals surface area contributed by atoms with E-state index in [-0.39, 0.29) is 17.9 Å². The second-order valence-corrected chi connectivity index (χ2v) is 3.85. The Labute approximate surface area is 93.8 Å². The van der Waals surface area contributed by atoms with Gasteiger partial charge in [0, 0.05) is 12.2 Å². The summed E-state index contributed by atoms with van der Waals surface area (Å²) in [5, 5.41) is 11.5. The minimum absolute atomic E-state index is 0.0563. The predicted molar refractivity (Wildman–Crippen MR) is 58.8 cm³/mol. The van der Waals surface area contributed by atoms with E-state index in [1.807, 2.05) is 13.8 Å². The minimum Gasteiger partial charge on any atom is -0.352 e. The summed E-state index contributed by atoms with van der Waals surface area (Å²) in [4.78, 5) is 23.1. The van der Waals surface area contributed by atoms with Crippen LogP contribution in [0.3, 0.4) is 0 Å². The number of carbonyl (C=O) groups excluding carboxylic acids is 2. The van der Waals surface area contributed by atoms with E-state index < -0.39 is 6.04 Å². The summed E-state index contributed by atoms with van der Waals surface area (Å²) in [5.74, 6) is -0.521. The highest BCUT2D eigenvalue weighted by Crippen LogP contribution is 1.95. The summed E-state index contributed by atoms with van der Waals surface area (Å²) in [6.07, 6.45) is 2.88. The van der Waals surface area contributed by atoms with E-state index in [1.165, 1.54) is 12.4 Å². The summed E-state index contributed by atoms with van der Waals surface area (Å²) in [6.45, 7) is 5.36. The number of aromatic nitrogens is 2. The second kappa shape index (κ2) is 5.29. The maximum Gasteiger partial charge on any atom is 0.255 e. The Morgan fingerprint density at radius 3 is 2.50 bits per heavy atom. The number of H-pyrrole nitrogens is 1. The largest absolute Gasteiger partial charge is 0.352 e. The van der Waals surface area contributed by atoms with Crippen LogP contribution in [0.4, 0.5) is 0 Å². The lowest BCUT2D eigenvalue weighted by Crippen LogP contribution is -2.46. The van der Waals surface area contributed by atoms with Crippen molar-refractivity contribution in [3.05, 3.63) is 18.0 Å². The first-order valence-corrected chi connectivity index (χ1v) is 5.10. The molecule has 0 bridgehead atoms. The van der Waals surface area contributed by atoms with Gasteiger partial charge in [-0.25, -0.2) is 0 Å².